The van der Waals surface area contributed by atoms with Gasteiger partial charge in [0.1, 0.15) is 0 Å². The highest BCUT2D eigenvalue weighted by molar-refractivity contribution is 7.80. The topological polar surface area (TPSA) is 0 Å². The SMILES string of the molecule is c1ccc(P(c2ccccc2)c2csc3ccccc23)cc1. The van der Waals surface area contributed by atoms with Crippen molar-refractivity contribution in [1.29, 1.82) is 0 Å². The molecule has 1 heterocycles. The normalized spacial score (nSPS) is 11.1. The van der Waals surface area contributed by atoms with Gasteiger partial charge in [0, 0.05) is 20.8 Å². The zero-order valence-corrected chi connectivity index (χ0v) is 13.7. The summed E-state index contributed by atoms with van der Waals surface area (Å²) in [6, 6.07) is 30.5. The molecule has 2 heteroatoms. The second-order valence-corrected chi connectivity index (χ2v) is 8.22. The van der Waals surface area contributed by atoms with Crippen LogP contribution in [0, 0.1) is 0 Å². The third-order valence-corrected chi connectivity index (χ3v) is 7.35. The molecule has 4 aromatic rings. The summed E-state index contributed by atoms with van der Waals surface area (Å²) in [4.78, 5) is 0. The third-order valence-electron chi connectivity index (χ3n) is 3.73. The van der Waals surface area contributed by atoms with Gasteiger partial charge in [0.2, 0.25) is 0 Å². The summed E-state index contributed by atoms with van der Waals surface area (Å²) < 4.78 is 1.37. The van der Waals surface area contributed by atoms with Crippen LogP contribution in [0.15, 0.2) is 90.3 Å². The average Bonchev–Trinajstić information content (AvgIpc) is 3.01. The Morgan fingerprint density at radius 1 is 0.591 bits per heavy atom. The van der Waals surface area contributed by atoms with Gasteiger partial charge < -0.3 is 0 Å². The van der Waals surface area contributed by atoms with Crippen LogP contribution in [-0.4, -0.2) is 0 Å². The first kappa shape index (κ1) is 13.7. The van der Waals surface area contributed by atoms with E-state index in [4.69, 9.17) is 0 Å². The quantitative estimate of drug-likeness (QED) is 0.482. The molecule has 0 unspecified atom stereocenters. The third kappa shape index (κ3) is 2.47. The molecule has 0 amide bonds. The van der Waals surface area contributed by atoms with Gasteiger partial charge in [-0.25, -0.2) is 0 Å². The van der Waals surface area contributed by atoms with E-state index < -0.39 is 7.92 Å². The first-order valence-electron chi connectivity index (χ1n) is 7.30. The molecule has 0 nitrogen and oxygen atoms in total. The van der Waals surface area contributed by atoms with Crippen molar-refractivity contribution >= 4 is 45.3 Å². The van der Waals surface area contributed by atoms with Crippen LogP contribution in [0.1, 0.15) is 0 Å². The van der Waals surface area contributed by atoms with Crippen molar-refractivity contribution in [2.45, 2.75) is 0 Å². The van der Waals surface area contributed by atoms with Crippen molar-refractivity contribution in [2.75, 3.05) is 0 Å². The van der Waals surface area contributed by atoms with Crippen LogP contribution in [0.2, 0.25) is 0 Å². The molecule has 0 saturated heterocycles. The van der Waals surface area contributed by atoms with E-state index in [0.717, 1.165) is 0 Å². The van der Waals surface area contributed by atoms with Gasteiger partial charge in [0.15, 0.2) is 0 Å². The summed E-state index contributed by atoms with van der Waals surface area (Å²) in [6.45, 7) is 0. The van der Waals surface area contributed by atoms with Gasteiger partial charge in [-0.15, -0.1) is 11.3 Å². The minimum atomic E-state index is -0.498. The zero-order chi connectivity index (χ0) is 14.8. The van der Waals surface area contributed by atoms with E-state index in [-0.39, 0.29) is 0 Å². The van der Waals surface area contributed by atoms with Gasteiger partial charge in [-0.05, 0) is 24.6 Å². The molecule has 106 valence electrons. The van der Waals surface area contributed by atoms with Crippen LogP contribution in [0.5, 0.6) is 0 Å². The van der Waals surface area contributed by atoms with E-state index in [1.807, 2.05) is 11.3 Å². The highest BCUT2D eigenvalue weighted by Crippen LogP contribution is 2.37. The molecule has 0 fully saturated rings. The highest BCUT2D eigenvalue weighted by atomic mass is 32.1. The number of hydrogen-bond donors (Lipinski definition) is 0. The van der Waals surface area contributed by atoms with E-state index in [2.05, 4.69) is 90.3 Å². The highest BCUT2D eigenvalue weighted by Gasteiger charge is 2.19. The van der Waals surface area contributed by atoms with Crippen LogP contribution in [0.3, 0.4) is 0 Å². The molecule has 0 saturated carbocycles. The van der Waals surface area contributed by atoms with E-state index in [0.29, 0.717) is 0 Å². The molecule has 22 heavy (non-hydrogen) atoms. The Kier molecular flexibility index (Phi) is 3.76. The lowest BCUT2D eigenvalue weighted by molar-refractivity contribution is 1.75. The standard InChI is InChI=1S/C20H15PS/c1-3-9-16(10-4-1)21(17-11-5-2-6-12-17)19-15-22-20-14-8-7-13-18(19)20/h1-15H. The molecule has 1 aromatic heterocycles. The van der Waals surface area contributed by atoms with Crippen LogP contribution in [-0.2, 0) is 0 Å². The van der Waals surface area contributed by atoms with Crippen LogP contribution < -0.4 is 15.9 Å². The monoisotopic (exact) mass is 318 g/mol. The van der Waals surface area contributed by atoms with Crippen molar-refractivity contribution in [3.05, 3.63) is 90.3 Å². The predicted octanol–water partition coefficient (Wildman–Crippen LogP) is 4.66. The Labute approximate surface area is 135 Å². The van der Waals surface area contributed by atoms with E-state index in [1.54, 1.807) is 0 Å². The number of thiophene rings is 1. The van der Waals surface area contributed by atoms with Crippen molar-refractivity contribution in [3.63, 3.8) is 0 Å². The second kappa shape index (κ2) is 6.04. The molecular formula is C20H15PS. The first-order valence-corrected chi connectivity index (χ1v) is 9.52. The minimum absolute atomic E-state index is 0.498. The predicted molar refractivity (Wildman–Crippen MR) is 101 cm³/mol. The Hall–Kier alpha value is -1.95. The summed E-state index contributed by atoms with van der Waals surface area (Å²) in [5.74, 6) is 0. The summed E-state index contributed by atoms with van der Waals surface area (Å²) >= 11 is 1.85. The molecule has 0 bridgehead atoms. The summed E-state index contributed by atoms with van der Waals surface area (Å²) in [6.07, 6.45) is 0. The Bertz CT molecular complexity index is 842. The maximum atomic E-state index is 2.34. The smallest absolute Gasteiger partial charge is 0.0349 e. The molecule has 0 aliphatic rings. The van der Waals surface area contributed by atoms with Gasteiger partial charge in [0.05, 0.1) is 0 Å². The number of hydrogen-bond acceptors (Lipinski definition) is 1. The first-order chi connectivity index (χ1) is 10.9. The number of rotatable bonds is 3. The van der Waals surface area contributed by atoms with E-state index >= 15 is 0 Å². The summed E-state index contributed by atoms with van der Waals surface area (Å²) in [5, 5.41) is 8.02. The zero-order valence-electron chi connectivity index (χ0n) is 12.0. The second-order valence-electron chi connectivity index (χ2n) is 5.12. The van der Waals surface area contributed by atoms with E-state index in [1.165, 1.54) is 26.0 Å². The van der Waals surface area contributed by atoms with Crippen molar-refractivity contribution in [1.82, 2.24) is 0 Å². The molecule has 0 spiro atoms. The van der Waals surface area contributed by atoms with Gasteiger partial charge in [-0.2, -0.15) is 0 Å². The lowest BCUT2D eigenvalue weighted by Gasteiger charge is -2.18. The summed E-state index contributed by atoms with van der Waals surface area (Å²) in [5.41, 5.74) is 0. The number of benzene rings is 3. The Morgan fingerprint density at radius 2 is 1.14 bits per heavy atom. The lowest BCUT2D eigenvalue weighted by atomic mass is 10.3. The fraction of sp³-hybridized carbons (Fsp3) is 0. The van der Waals surface area contributed by atoms with Gasteiger partial charge in [0.25, 0.3) is 0 Å². The molecule has 0 N–H and O–H groups in total. The summed E-state index contributed by atoms with van der Waals surface area (Å²) in [7, 11) is -0.498. The fourth-order valence-electron chi connectivity index (χ4n) is 2.72. The van der Waals surface area contributed by atoms with Crippen LogP contribution in [0.25, 0.3) is 10.1 Å². The van der Waals surface area contributed by atoms with Crippen molar-refractivity contribution < 1.29 is 0 Å². The van der Waals surface area contributed by atoms with Gasteiger partial charge in [-0.1, -0.05) is 78.9 Å². The largest absolute Gasteiger partial charge is 0.143 e. The maximum absolute atomic E-state index is 2.34. The molecule has 3 aromatic carbocycles. The average molecular weight is 318 g/mol. The Balaban J connectivity index is 1.95. The minimum Gasteiger partial charge on any atom is -0.143 e. The van der Waals surface area contributed by atoms with Crippen molar-refractivity contribution in [2.24, 2.45) is 0 Å². The molecule has 4 rings (SSSR count). The molecule has 0 aliphatic carbocycles. The Morgan fingerprint density at radius 3 is 1.77 bits per heavy atom. The van der Waals surface area contributed by atoms with Gasteiger partial charge in [-0.3, -0.25) is 0 Å². The number of fused-ring (bicyclic) bond motifs is 1. The maximum Gasteiger partial charge on any atom is 0.0349 e. The molecule has 0 atom stereocenters. The van der Waals surface area contributed by atoms with Crippen LogP contribution >= 0.6 is 19.3 Å². The van der Waals surface area contributed by atoms with Crippen molar-refractivity contribution in [3.8, 4) is 0 Å². The molecule has 0 aliphatic heterocycles. The van der Waals surface area contributed by atoms with E-state index in [9.17, 15) is 0 Å². The lowest BCUT2D eigenvalue weighted by Crippen LogP contribution is -2.19. The fourth-order valence-corrected chi connectivity index (χ4v) is 6.43. The molecular weight excluding hydrogens is 303 g/mol. The molecule has 0 radical (unpaired) electrons. The van der Waals surface area contributed by atoms with Crippen LogP contribution in [0.4, 0.5) is 0 Å². The van der Waals surface area contributed by atoms with Gasteiger partial charge >= 0.3 is 0 Å².